The van der Waals surface area contributed by atoms with Crippen molar-refractivity contribution in [2.75, 3.05) is 11.9 Å². The molecule has 0 saturated carbocycles. The minimum atomic E-state index is -0.970. The van der Waals surface area contributed by atoms with Gasteiger partial charge in [0.25, 0.3) is 0 Å². The van der Waals surface area contributed by atoms with Crippen molar-refractivity contribution in [2.45, 2.75) is 26.4 Å². The predicted molar refractivity (Wildman–Crippen MR) is 119 cm³/mol. The fourth-order valence-corrected chi connectivity index (χ4v) is 3.18. The van der Waals surface area contributed by atoms with Gasteiger partial charge in [0.1, 0.15) is 0 Å². The number of aryl methyl sites for hydroxylation is 1. The van der Waals surface area contributed by atoms with Crippen LogP contribution in [0, 0.1) is 6.92 Å². The van der Waals surface area contributed by atoms with Gasteiger partial charge in [-0.2, -0.15) is 5.10 Å². The van der Waals surface area contributed by atoms with Gasteiger partial charge in [0.05, 0.1) is 23.2 Å². The molecular weight excluding hydrogens is 378 g/mol. The lowest BCUT2D eigenvalue weighted by atomic mass is 10.1. The van der Waals surface area contributed by atoms with E-state index in [0.717, 1.165) is 27.7 Å². The molecule has 0 aliphatic heterocycles. The van der Waals surface area contributed by atoms with Gasteiger partial charge in [-0.3, -0.25) is 0 Å². The molecule has 2 amide bonds. The predicted octanol–water partition coefficient (Wildman–Crippen LogP) is 4.22. The van der Waals surface area contributed by atoms with Crippen LogP contribution in [0.15, 0.2) is 61.1 Å². The summed E-state index contributed by atoms with van der Waals surface area (Å²) in [6, 6.07) is 13.9. The highest BCUT2D eigenvalue weighted by Crippen LogP contribution is 2.29. The summed E-state index contributed by atoms with van der Waals surface area (Å²) < 4.78 is 1.85. The van der Waals surface area contributed by atoms with Crippen molar-refractivity contribution in [1.82, 2.24) is 20.1 Å². The first-order chi connectivity index (χ1) is 14.3. The molecular formula is C23H25N5O2. The lowest BCUT2D eigenvalue weighted by Gasteiger charge is -2.17. The van der Waals surface area contributed by atoms with Crippen LogP contribution in [0.4, 0.5) is 10.5 Å². The highest BCUT2D eigenvalue weighted by molar-refractivity contribution is 6.02. The van der Waals surface area contributed by atoms with Crippen LogP contribution < -0.4 is 10.6 Å². The van der Waals surface area contributed by atoms with Crippen LogP contribution in [0.3, 0.4) is 0 Å². The Bertz CT molecular complexity index is 1180. The van der Waals surface area contributed by atoms with E-state index in [9.17, 15) is 9.90 Å². The summed E-state index contributed by atoms with van der Waals surface area (Å²) in [5, 5.41) is 20.7. The van der Waals surface area contributed by atoms with E-state index in [0.29, 0.717) is 5.69 Å². The van der Waals surface area contributed by atoms with Crippen LogP contribution in [0.25, 0.3) is 27.7 Å². The molecule has 0 radical (unpaired) electrons. The van der Waals surface area contributed by atoms with E-state index in [1.54, 1.807) is 20.0 Å². The molecule has 0 aliphatic carbocycles. The number of nitrogens with one attached hydrogen (secondary N) is 3. The summed E-state index contributed by atoms with van der Waals surface area (Å²) in [5.74, 6) is 0. The fraction of sp³-hybridized carbons (Fsp3) is 0.217. The summed E-state index contributed by atoms with van der Waals surface area (Å²) in [6.07, 6.45) is 5.58. The minimum absolute atomic E-state index is 0.157. The van der Waals surface area contributed by atoms with E-state index in [1.165, 1.54) is 5.56 Å². The van der Waals surface area contributed by atoms with Gasteiger partial charge in [-0.05, 0) is 50.6 Å². The second kappa shape index (κ2) is 7.68. The van der Waals surface area contributed by atoms with Gasteiger partial charge < -0.3 is 20.7 Å². The molecule has 2 aromatic carbocycles. The molecule has 7 nitrogen and oxygen atoms in total. The van der Waals surface area contributed by atoms with Crippen molar-refractivity contribution in [3.63, 3.8) is 0 Å². The maximum absolute atomic E-state index is 12.2. The summed E-state index contributed by atoms with van der Waals surface area (Å²) in [4.78, 5) is 15.3. The number of fused-ring (bicyclic) bond motifs is 1. The molecule has 4 N–H and O–H groups in total. The van der Waals surface area contributed by atoms with Crippen LogP contribution in [0.1, 0.15) is 19.4 Å². The van der Waals surface area contributed by atoms with Crippen molar-refractivity contribution < 1.29 is 9.90 Å². The van der Waals surface area contributed by atoms with Crippen LogP contribution >= 0.6 is 0 Å². The van der Waals surface area contributed by atoms with Crippen molar-refractivity contribution in [3.05, 3.63) is 66.6 Å². The molecule has 4 rings (SSSR count). The number of carbonyl (C=O) groups is 1. The third-order valence-electron chi connectivity index (χ3n) is 4.83. The number of aliphatic hydroxyl groups is 1. The molecule has 0 saturated heterocycles. The third kappa shape index (κ3) is 4.36. The van der Waals surface area contributed by atoms with Crippen molar-refractivity contribution in [3.8, 4) is 16.8 Å². The Labute approximate surface area is 174 Å². The van der Waals surface area contributed by atoms with Gasteiger partial charge in [0, 0.05) is 35.4 Å². The number of H-pyrrole nitrogens is 1. The lowest BCUT2D eigenvalue weighted by Crippen LogP contribution is -2.40. The second-order valence-electron chi connectivity index (χ2n) is 8.09. The number of urea groups is 1. The van der Waals surface area contributed by atoms with Crippen molar-refractivity contribution >= 4 is 22.6 Å². The van der Waals surface area contributed by atoms with Crippen LogP contribution in [-0.4, -0.2) is 38.0 Å². The molecule has 2 heterocycles. The Morgan fingerprint density at radius 3 is 2.67 bits per heavy atom. The zero-order chi connectivity index (χ0) is 21.3. The Kier molecular flexibility index (Phi) is 5.05. The topological polar surface area (TPSA) is 95.0 Å². The number of carbonyl (C=O) groups excluding carboxylic acids is 1. The number of benzene rings is 2. The van der Waals surface area contributed by atoms with E-state index >= 15 is 0 Å². The minimum Gasteiger partial charge on any atom is -0.389 e. The molecule has 30 heavy (non-hydrogen) atoms. The Morgan fingerprint density at radius 2 is 1.93 bits per heavy atom. The molecule has 0 atom stereocenters. The normalized spacial score (nSPS) is 11.6. The number of nitrogens with zero attached hydrogens (tertiary/aromatic N) is 2. The molecule has 7 heteroatoms. The number of rotatable bonds is 5. The second-order valence-corrected chi connectivity index (χ2v) is 8.09. The molecule has 0 bridgehead atoms. The first kappa shape index (κ1) is 19.7. The lowest BCUT2D eigenvalue weighted by molar-refractivity contribution is 0.0826. The molecule has 0 fully saturated rings. The highest BCUT2D eigenvalue weighted by Gasteiger charge is 2.15. The first-order valence-corrected chi connectivity index (χ1v) is 9.79. The van der Waals surface area contributed by atoms with Gasteiger partial charge in [0.15, 0.2) is 0 Å². The molecule has 2 aromatic heterocycles. The van der Waals surface area contributed by atoms with Gasteiger partial charge in [-0.1, -0.05) is 23.8 Å². The van der Waals surface area contributed by atoms with Gasteiger partial charge in [-0.15, -0.1) is 0 Å². The van der Waals surface area contributed by atoms with E-state index in [2.05, 4.69) is 39.8 Å². The molecule has 0 aliphatic rings. The Balaban J connectivity index is 1.57. The van der Waals surface area contributed by atoms with E-state index < -0.39 is 5.60 Å². The number of aromatic nitrogens is 3. The number of anilines is 1. The average molecular weight is 403 g/mol. The zero-order valence-electron chi connectivity index (χ0n) is 17.2. The molecule has 4 aromatic rings. The third-order valence-corrected chi connectivity index (χ3v) is 4.83. The number of amides is 2. The average Bonchev–Trinajstić information content (AvgIpc) is 3.34. The van der Waals surface area contributed by atoms with Crippen LogP contribution in [0.5, 0.6) is 0 Å². The number of hydrogen-bond donors (Lipinski definition) is 4. The number of hydrogen-bond acceptors (Lipinski definition) is 3. The summed E-state index contributed by atoms with van der Waals surface area (Å²) in [6.45, 7) is 5.50. The van der Waals surface area contributed by atoms with Crippen LogP contribution in [0.2, 0.25) is 0 Å². The largest absolute Gasteiger partial charge is 0.389 e. The van der Waals surface area contributed by atoms with Crippen molar-refractivity contribution in [1.29, 1.82) is 0 Å². The quantitative estimate of drug-likeness (QED) is 0.402. The van der Waals surface area contributed by atoms with Crippen molar-refractivity contribution in [2.24, 2.45) is 0 Å². The molecule has 0 spiro atoms. The fourth-order valence-electron chi connectivity index (χ4n) is 3.18. The van der Waals surface area contributed by atoms with Gasteiger partial charge >= 0.3 is 6.03 Å². The SMILES string of the molecule is Cc1ccc(-n2cc(-c3ccc4[nH]cc(NC(=O)NCC(C)(C)O)c4c3)cn2)cc1. The Morgan fingerprint density at radius 1 is 1.17 bits per heavy atom. The molecule has 154 valence electrons. The van der Waals surface area contributed by atoms with E-state index in [4.69, 9.17) is 0 Å². The number of aromatic amines is 1. The summed E-state index contributed by atoms with van der Waals surface area (Å²) in [5.41, 5.74) is 4.81. The standard InChI is InChI=1S/C23H25N5O2/c1-15-4-7-18(8-5-15)28-13-17(11-26-28)16-6-9-20-19(10-16)21(12-24-20)27-22(29)25-14-23(2,3)30/h4-13,24,30H,14H2,1-3H3,(H2,25,27,29). The van der Waals surface area contributed by atoms with Gasteiger partial charge in [0.2, 0.25) is 0 Å². The zero-order valence-corrected chi connectivity index (χ0v) is 17.2. The van der Waals surface area contributed by atoms with E-state index in [-0.39, 0.29) is 12.6 Å². The molecule has 0 unspecified atom stereocenters. The monoisotopic (exact) mass is 403 g/mol. The summed E-state index contributed by atoms with van der Waals surface area (Å²) >= 11 is 0. The first-order valence-electron chi connectivity index (χ1n) is 9.79. The highest BCUT2D eigenvalue weighted by atomic mass is 16.3. The van der Waals surface area contributed by atoms with Crippen LogP contribution in [-0.2, 0) is 0 Å². The maximum Gasteiger partial charge on any atom is 0.319 e. The van der Waals surface area contributed by atoms with E-state index in [1.807, 2.05) is 47.4 Å². The smallest absolute Gasteiger partial charge is 0.319 e. The summed E-state index contributed by atoms with van der Waals surface area (Å²) in [7, 11) is 0. The maximum atomic E-state index is 12.2. The van der Waals surface area contributed by atoms with Gasteiger partial charge in [-0.25, -0.2) is 9.48 Å². The Hall–Kier alpha value is -3.58.